The number of hydrogen-bond donors (Lipinski definition) is 1. The van der Waals surface area contributed by atoms with Gasteiger partial charge in [-0.25, -0.2) is 9.65 Å². The second-order valence-corrected chi connectivity index (χ2v) is 7.12. The summed E-state index contributed by atoms with van der Waals surface area (Å²) in [5.41, 5.74) is 0. The van der Waals surface area contributed by atoms with Gasteiger partial charge >= 0.3 is 7.44 Å². The van der Waals surface area contributed by atoms with Crippen molar-refractivity contribution < 1.29 is 13.6 Å². The summed E-state index contributed by atoms with van der Waals surface area (Å²) < 4.78 is 18.2. The molecule has 1 unspecified atom stereocenters. The lowest BCUT2D eigenvalue weighted by atomic mass is 10.6. The Labute approximate surface area is 80.3 Å². The number of hydrogen-bond acceptors (Lipinski definition) is 2. The molecule has 1 aliphatic rings. The molecule has 0 aromatic heterocycles. The Hall–Kier alpha value is 0.110. The van der Waals surface area contributed by atoms with Gasteiger partial charge in [-0.3, -0.25) is 4.25 Å². The lowest BCUT2D eigenvalue weighted by Gasteiger charge is -2.29. The summed E-state index contributed by atoms with van der Waals surface area (Å²) >= 11 is 0. The van der Waals surface area contributed by atoms with Crippen LogP contribution in [-0.4, -0.2) is 50.8 Å². The molecule has 1 heterocycles. The predicted octanol–water partition coefficient (Wildman–Crippen LogP) is 0.896. The van der Waals surface area contributed by atoms with Crippen LogP contribution in [0, 0.1) is 0 Å². The molecule has 0 saturated carbocycles. The summed E-state index contributed by atoms with van der Waals surface area (Å²) in [5, 5.41) is 3.13. The normalized spacial score (nSPS) is 32.2. The highest BCUT2D eigenvalue weighted by Gasteiger charge is 2.44. The van der Waals surface area contributed by atoms with Gasteiger partial charge in [0.1, 0.15) is 0 Å². The van der Waals surface area contributed by atoms with Crippen LogP contribution in [0.5, 0.6) is 0 Å². The first-order valence-corrected chi connectivity index (χ1v) is 6.62. The molecule has 78 valence electrons. The van der Waals surface area contributed by atoms with Crippen molar-refractivity contribution >= 4 is 7.44 Å². The third kappa shape index (κ3) is 2.32. The van der Waals surface area contributed by atoms with Crippen LogP contribution in [0.15, 0.2) is 0 Å². The molecule has 1 atom stereocenters. The molecule has 13 heavy (non-hydrogen) atoms. The molecule has 1 saturated heterocycles. The fraction of sp³-hybridized carbons (Fsp3) is 1.00. The third-order valence-electron chi connectivity index (χ3n) is 2.64. The molecule has 4 nitrogen and oxygen atoms in total. The van der Waals surface area contributed by atoms with Gasteiger partial charge < -0.3 is 4.74 Å². The van der Waals surface area contributed by atoms with Crippen molar-refractivity contribution in [3.63, 3.8) is 0 Å². The molecule has 5 heteroatoms. The van der Waals surface area contributed by atoms with Crippen molar-refractivity contribution in [2.75, 3.05) is 46.6 Å². The molecule has 0 amide bonds. The number of ether oxygens (including phenoxy) is 1. The fourth-order valence-corrected chi connectivity index (χ4v) is 3.87. The van der Waals surface area contributed by atoms with Crippen LogP contribution in [0.25, 0.3) is 0 Å². The summed E-state index contributed by atoms with van der Waals surface area (Å²) in [6, 6.07) is 0. The Morgan fingerprint density at radius 3 is 2.69 bits per heavy atom. The van der Waals surface area contributed by atoms with Crippen molar-refractivity contribution in [1.82, 2.24) is 5.09 Å². The number of likely N-dealkylation sites (N-methyl/N-ethyl adjacent to an activating group) is 1. The first-order valence-electron chi connectivity index (χ1n) is 4.77. The van der Waals surface area contributed by atoms with Gasteiger partial charge in [-0.2, -0.15) is 0 Å². The zero-order valence-electron chi connectivity index (χ0n) is 8.75. The minimum atomic E-state index is -2.24. The summed E-state index contributed by atoms with van der Waals surface area (Å²) in [4.78, 5) is 0. The Morgan fingerprint density at radius 2 is 2.23 bits per heavy atom. The molecule has 0 spiro atoms. The second-order valence-electron chi connectivity index (χ2n) is 3.87. The van der Waals surface area contributed by atoms with E-state index in [9.17, 15) is 4.57 Å². The van der Waals surface area contributed by atoms with Gasteiger partial charge in [-0.1, -0.05) is 0 Å². The highest BCUT2D eigenvalue weighted by atomic mass is 31.2. The smallest absolute Gasteiger partial charge is 0.320 e. The van der Waals surface area contributed by atoms with Crippen LogP contribution in [0.3, 0.4) is 0 Å². The van der Waals surface area contributed by atoms with E-state index in [1.54, 1.807) is 0 Å². The van der Waals surface area contributed by atoms with E-state index in [0.717, 1.165) is 13.1 Å². The van der Waals surface area contributed by atoms with Crippen LogP contribution in [0.2, 0.25) is 0 Å². The maximum Gasteiger partial charge on any atom is 0.320 e. The van der Waals surface area contributed by atoms with E-state index in [1.165, 1.54) is 0 Å². The predicted molar refractivity (Wildman–Crippen MR) is 53.9 cm³/mol. The SMILES string of the molecule is CCOCCP1(=O)NCC[N+]1(C)C. The fourth-order valence-electron chi connectivity index (χ4n) is 1.53. The van der Waals surface area contributed by atoms with E-state index in [2.05, 4.69) is 5.09 Å². The summed E-state index contributed by atoms with van der Waals surface area (Å²) in [5.74, 6) is 0. The van der Waals surface area contributed by atoms with E-state index >= 15 is 0 Å². The van der Waals surface area contributed by atoms with E-state index in [1.807, 2.05) is 21.0 Å². The zero-order chi connectivity index (χ0) is 9.95. The van der Waals surface area contributed by atoms with E-state index < -0.39 is 7.44 Å². The molecule has 1 rings (SSSR count). The first-order chi connectivity index (χ1) is 6.02. The Balaban J connectivity index is 2.50. The van der Waals surface area contributed by atoms with Gasteiger partial charge in [0.05, 0.1) is 40.0 Å². The largest absolute Gasteiger partial charge is 0.381 e. The molecule has 1 N–H and O–H groups in total. The summed E-state index contributed by atoms with van der Waals surface area (Å²) in [6.45, 7) is 5.06. The van der Waals surface area contributed by atoms with Gasteiger partial charge in [-0.15, -0.1) is 0 Å². The average Bonchev–Trinajstić information content (AvgIpc) is 2.28. The van der Waals surface area contributed by atoms with Crippen molar-refractivity contribution in [2.45, 2.75) is 6.92 Å². The van der Waals surface area contributed by atoms with Crippen LogP contribution in [0.1, 0.15) is 6.92 Å². The quantitative estimate of drug-likeness (QED) is 0.549. The van der Waals surface area contributed by atoms with Crippen molar-refractivity contribution in [3.05, 3.63) is 0 Å². The Morgan fingerprint density at radius 1 is 1.54 bits per heavy atom. The van der Waals surface area contributed by atoms with Crippen LogP contribution in [-0.2, 0) is 9.30 Å². The molecule has 1 aliphatic heterocycles. The molecule has 0 aromatic carbocycles. The monoisotopic (exact) mass is 207 g/mol. The maximum atomic E-state index is 12.3. The van der Waals surface area contributed by atoms with E-state index in [4.69, 9.17) is 4.74 Å². The van der Waals surface area contributed by atoms with Gasteiger partial charge in [0.2, 0.25) is 0 Å². The Bertz CT molecular complexity index is 218. The van der Waals surface area contributed by atoms with Gasteiger partial charge in [0, 0.05) is 6.61 Å². The number of quaternary nitrogens is 1. The molecule has 0 aliphatic carbocycles. The van der Waals surface area contributed by atoms with Crippen LogP contribution in [0.4, 0.5) is 0 Å². The highest BCUT2D eigenvalue weighted by molar-refractivity contribution is 7.56. The van der Waals surface area contributed by atoms with E-state index in [0.29, 0.717) is 23.6 Å². The molecular weight excluding hydrogens is 187 g/mol. The van der Waals surface area contributed by atoms with Crippen molar-refractivity contribution in [1.29, 1.82) is 0 Å². The lowest BCUT2D eigenvalue weighted by molar-refractivity contribution is -0.761. The van der Waals surface area contributed by atoms with Crippen LogP contribution >= 0.6 is 7.44 Å². The lowest BCUT2D eigenvalue weighted by Crippen LogP contribution is -2.34. The summed E-state index contributed by atoms with van der Waals surface area (Å²) in [6.07, 6.45) is 0.647. The van der Waals surface area contributed by atoms with Gasteiger partial charge in [0.25, 0.3) is 0 Å². The zero-order valence-corrected chi connectivity index (χ0v) is 9.64. The minimum Gasteiger partial charge on any atom is -0.381 e. The average molecular weight is 207 g/mol. The summed E-state index contributed by atoms with van der Waals surface area (Å²) in [7, 11) is 1.80. The molecule has 0 bridgehead atoms. The topological polar surface area (TPSA) is 38.3 Å². The first kappa shape index (κ1) is 11.2. The molecule has 1 fully saturated rings. The van der Waals surface area contributed by atoms with Gasteiger partial charge in [-0.05, 0) is 6.92 Å². The van der Waals surface area contributed by atoms with Crippen molar-refractivity contribution in [2.24, 2.45) is 0 Å². The molecule has 0 radical (unpaired) electrons. The number of nitrogens with zero attached hydrogens (tertiary/aromatic N) is 1. The van der Waals surface area contributed by atoms with Crippen molar-refractivity contribution in [3.8, 4) is 0 Å². The number of nitrogens with one attached hydrogen (secondary N) is 1. The molecule has 0 aromatic rings. The highest BCUT2D eigenvalue weighted by Crippen LogP contribution is 2.52. The standard InChI is InChI=1S/C8H20N2O2P/c1-4-12-7-8-13(11)9-5-6-10(13,2)3/h4-8H2,1-3H3,(H,9,11)/q+1. The number of rotatable bonds is 4. The van der Waals surface area contributed by atoms with E-state index in [-0.39, 0.29) is 0 Å². The van der Waals surface area contributed by atoms with Gasteiger partial charge in [0.15, 0.2) is 0 Å². The second kappa shape index (κ2) is 4.09. The Kier molecular flexibility index (Phi) is 3.52. The minimum absolute atomic E-state index is 0.600. The van der Waals surface area contributed by atoms with Crippen LogP contribution < -0.4 is 5.09 Å². The third-order valence-corrected chi connectivity index (χ3v) is 6.09. The maximum absolute atomic E-state index is 12.3. The molecular formula is C8H20N2O2P+.